The van der Waals surface area contributed by atoms with Crippen LogP contribution >= 0.6 is 0 Å². The molecule has 4 saturated heterocycles. The topological polar surface area (TPSA) is 419 Å². The highest BCUT2D eigenvalue weighted by molar-refractivity contribution is 5.73. The third kappa shape index (κ3) is 12.3. The van der Waals surface area contributed by atoms with Crippen LogP contribution in [0.25, 0.3) is 0 Å². The Kier molecular flexibility index (Phi) is 20.3. The number of hydrogen-bond acceptors (Lipinski definition) is 27. The van der Waals surface area contributed by atoms with E-state index in [1.165, 1.54) is 5.57 Å². The maximum atomic E-state index is 12.6. The Hall–Kier alpha value is -3.63. The second kappa shape index (κ2) is 25.9. The first-order chi connectivity index (χ1) is 41.5. The van der Waals surface area contributed by atoms with E-state index in [1.54, 1.807) is 0 Å². The van der Waals surface area contributed by atoms with Gasteiger partial charge in [-0.25, -0.2) is 4.79 Å². The lowest BCUT2D eigenvalue weighted by molar-refractivity contribution is -0.375. The molecule has 28 nitrogen and oxygen atoms in total. The maximum Gasteiger partial charge on any atom is 0.335 e. The maximum absolute atomic E-state index is 12.6. The summed E-state index contributed by atoms with van der Waals surface area (Å²) < 4.78 is 71.3. The fraction of sp³-hybridized carbons (Fsp3) is 0.885. The molecular weight excluding hydrogens is 1180 g/mol. The van der Waals surface area contributed by atoms with Crippen LogP contribution in [0.15, 0.2) is 11.6 Å². The number of hydrogen-bond donors (Lipinski definition) is 11. The average Bonchev–Trinajstić information content (AvgIpc) is 0.680. The minimum atomic E-state index is -2.06. The molecule has 0 aromatic rings. The summed E-state index contributed by atoms with van der Waals surface area (Å²) in [7, 11) is 0. The minimum absolute atomic E-state index is 0.0472. The van der Waals surface area contributed by atoms with Crippen LogP contribution in [0.1, 0.15) is 128 Å². The van der Waals surface area contributed by atoms with Crippen LogP contribution in [0.3, 0.4) is 0 Å². The largest absolute Gasteiger partial charge is 0.479 e. The molecule has 0 aromatic carbocycles. The number of carboxylic acids is 1. The molecule has 506 valence electrons. The first kappa shape index (κ1) is 69.7. The molecule has 0 spiro atoms. The Balaban J connectivity index is 0.960. The first-order valence-corrected chi connectivity index (χ1v) is 31.0. The number of aliphatic carboxylic acids is 1. The zero-order valence-corrected chi connectivity index (χ0v) is 52.4. The van der Waals surface area contributed by atoms with Crippen molar-refractivity contribution in [3.8, 4) is 0 Å². The Bertz CT molecular complexity index is 2620. The molecule has 0 amide bonds. The van der Waals surface area contributed by atoms with Gasteiger partial charge in [0.25, 0.3) is 0 Å². The van der Waals surface area contributed by atoms with Crippen LogP contribution < -0.4 is 0 Å². The van der Waals surface area contributed by atoms with Gasteiger partial charge in [0.05, 0.1) is 38.1 Å². The van der Waals surface area contributed by atoms with Gasteiger partial charge in [-0.15, -0.1) is 0 Å². The van der Waals surface area contributed by atoms with Crippen molar-refractivity contribution in [3.05, 3.63) is 11.6 Å². The van der Waals surface area contributed by atoms with Gasteiger partial charge in [-0.2, -0.15) is 0 Å². The van der Waals surface area contributed by atoms with Crippen molar-refractivity contribution >= 4 is 29.8 Å². The molecule has 9 rings (SSSR count). The summed E-state index contributed by atoms with van der Waals surface area (Å²) in [6.45, 7) is 17.0. The van der Waals surface area contributed by atoms with Crippen molar-refractivity contribution in [2.24, 2.45) is 50.2 Å². The van der Waals surface area contributed by atoms with Gasteiger partial charge >= 0.3 is 29.8 Å². The van der Waals surface area contributed by atoms with Crippen LogP contribution in [-0.2, 0) is 80.8 Å². The Morgan fingerprint density at radius 3 is 1.81 bits per heavy atom. The molecule has 89 heavy (non-hydrogen) atoms. The number of carbonyl (C=O) groups excluding carboxylic acids is 4. The third-order valence-electron chi connectivity index (χ3n) is 22.6. The summed E-state index contributed by atoms with van der Waals surface area (Å²) >= 11 is 0. The van der Waals surface area contributed by atoms with E-state index in [1.807, 2.05) is 20.8 Å². The monoisotopic (exact) mass is 1270 g/mol. The molecule has 30 atom stereocenters. The number of rotatable bonds is 16. The molecule has 9 aliphatic rings. The fourth-order valence-electron chi connectivity index (χ4n) is 17.6. The summed E-state index contributed by atoms with van der Waals surface area (Å²) in [5, 5.41) is 122. The van der Waals surface area contributed by atoms with E-state index in [9.17, 15) is 80.1 Å². The lowest BCUT2D eigenvalue weighted by atomic mass is 9.33. The van der Waals surface area contributed by atoms with E-state index in [-0.39, 0.29) is 29.8 Å². The molecule has 8 fully saturated rings. The molecule has 0 bridgehead atoms. The summed E-state index contributed by atoms with van der Waals surface area (Å²) in [6.07, 6.45) is -28.7. The van der Waals surface area contributed by atoms with E-state index in [0.29, 0.717) is 51.4 Å². The van der Waals surface area contributed by atoms with Crippen LogP contribution in [0.4, 0.5) is 0 Å². The van der Waals surface area contributed by atoms with Crippen molar-refractivity contribution in [3.63, 3.8) is 0 Å². The lowest BCUT2D eigenvalue weighted by Gasteiger charge is -2.72. The standard InChI is InChI=1S/C61H94O28/c1-25(64)78-23-33-44(80-26(2)65)47(81-27(3)66)48(82-28(4)67)55(84-33)86-43-31(68)22-79-52(42(43)74)89-50-49(75)56(5,6)20-30-29-12-13-35-58(8)16-15-36(59(9,24-63)34(58)14-17-61(35,11)60(29,10)19-18-57(30,50)7)85-54-46(40(72)39(71)45(87-54)51(76)77)88-53-41(73)38(70)37(69)32(21-62)83-53/h12,30-50,52-55,62-63,68-75H,13-24H2,1-11H3,(H,76,77)/t30-,31-,32+,33+,34+,35+,36-,37-,38-,39-,40-,41+,42+,43-,44+,45-,46+,47-,48+,49-,50+,52-,53-,54+,55-,57+,58-,59-,60+,61+/m0/s1. The van der Waals surface area contributed by atoms with Gasteiger partial charge < -0.3 is 113 Å². The molecule has 4 heterocycles. The van der Waals surface area contributed by atoms with Crippen LogP contribution in [0.2, 0.25) is 0 Å². The average molecular weight is 1280 g/mol. The molecule has 0 aromatic heterocycles. The molecule has 0 radical (unpaired) electrons. The van der Waals surface area contributed by atoms with E-state index in [4.69, 9.17) is 56.8 Å². The molecule has 11 N–H and O–H groups in total. The van der Waals surface area contributed by atoms with Gasteiger partial charge in [0.1, 0.15) is 73.8 Å². The highest BCUT2D eigenvalue weighted by atomic mass is 16.8. The summed E-state index contributed by atoms with van der Waals surface area (Å²) in [4.78, 5) is 62.0. The van der Waals surface area contributed by atoms with Gasteiger partial charge in [-0.1, -0.05) is 60.1 Å². The highest BCUT2D eigenvalue weighted by Gasteiger charge is 2.71. The smallest absolute Gasteiger partial charge is 0.335 e. The lowest BCUT2D eigenvalue weighted by Crippen LogP contribution is -2.69. The second-order valence-electron chi connectivity index (χ2n) is 28.3. The van der Waals surface area contributed by atoms with Crippen molar-refractivity contribution in [1.29, 1.82) is 0 Å². The Morgan fingerprint density at radius 1 is 0.573 bits per heavy atom. The van der Waals surface area contributed by atoms with Gasteiger partial charge in [0.2, 0.25) is 0 Å². The van der Waals surface area contributed by atoms with E-state index in [0.717, 1.165) is 27.7 Å². The number of carbonyl (C=O) groups is 5. The zero-order chi connectivity index (χ0) is 65.6. The Labute approximate surface area is 516 Å². The number of esters is 4. The minimum Gasteiger partial charge on any atom is -0.479 e. The molecule has 4 saturated carbocycles. The quantitative estimate of drug-likeness (QED) is 0.0398. The molecule has 5 aliphatic carbocycles. The SMILES string of the molecule is CC(=O)OC[C@H]1O[C@@H](O[C@@H]2[C@@H](O)[C@H](O[C@@H]3[C@H](O)C(C)(C)C[C@H]4C5=CC[C@@H]6[C@@]7(C)CC[C@H](O[C@@H]8O[C@H](C(=O)O)[C@@H](O)[C@H](O)[C@H]8O[C@@H]8O[C@H](CO)[C@H](O)[C@H](O)[C@H]8O)[C@@](C)(CO)[C@@H]7CC[C@@]6(C)[C@]5(C)CC[C@@]34C)OC[C@@H]2O)[C@H](OC(C)=O)[C@@H](OC(C)=O)[C@@H]1OC(C)=O. The van der Waals surface area contributed by atoms with Gasteiger partial charge in [0, 0.05) is 38.5 Å². The zero-order valence-electron chi connectivity index (χ0n) is 52.4. The summed E-state index contributed by atoms with van der Waals surface area (Å²) in [5.41, 5.74) is -2.55. The number of carboxylic acid groups (broad SMARTS) is 1. The van der Waals surface area contributed by atoms with E-state index < -0.39 is 212 Å². The summed E-state index contributed by atoms with van der Waals surface area (Å²) in [6, 6.07) is 0. The van der Waals surface area contributed by atoms with Crippen LogP contribution in [0.5, 0.6) is 0 Å². The second-order valence-corrected chi connectivity index (χ2v) is 28.3. The van der Waals surface area contributed by atoms with Crippen LogP contribution in [-0.4, -0.2) is 247 Å². The number of fused-ring (bicyclic) bond motifs is 7. The Morgan fingerprint density at radius 2 is 1.19 bits per heavy atom. The molecule has 0 unspecified atom stereocenters. The van der Waals surface area contributed by atoms with Crippen molar-refractivity contribution < 1.29 is 137 Å². The number of allylic oxidation sites excluding steroid dienone is 2. The molecule has 28 heteroatoms. The highest BCUT2D eigenvalue weighted by Crippen LogP contribution is 2.76. The van der Waals surface area contributed by atoms with E-state index in [2.05, 4.69) is 33.8 Å². The number of ether oxygens (including phenoxy) is 12. The van der Waals surface area contributed by atoms with E-state index >= 15 is 0 Å². The van der Waals surface area contributed by atoms with Crippen molar-refractivity contribution in [2.75, 3.05) is 26.4 Å². The number of aliphatic hydroxyl groups is 10. The predicted octanol–water partition coefficient (Wildman–Crippen LogP) is -0.606. The normalized spacial score (nSPS) is 49.4. The molecule has 4 aliphatic heterocycles. The third-order valence-corrected chi connectivity index (χ3v) is 22.6. The fourth-order valence-corrected chi connectivity index (χ4v) is 17.6. The first-order valence-electron chi connectivity index (χ1n) is 31.0. The van der Waals surface area contributed by atoms with Crippen molar-refractivity contribution in [1.82, 2.24) is 0 Å². The molecular formula is C61H94O28. The van der Waals surface area contributed by atoms with Crippen molar-refractivity contribution in [2.45, 2.75) is 263 Å². The van der Waals surface area contributed by atoms with Crippen LogP contribution in [0, 0.1) is 50.2 Å². The predicted molar refractivity (Wildman–Crippen MR) is 298 cm³/mol. The summed E-state index contributed by atoms with van der Waals surface area (Å²) in [5.74, 6) is -5.30. The number of aliphatic hydroxyl groups excluding tert-OH is 10. The van der Waals surface area contributed by atoms with Gasteiger partial charge in [-0.3, -0.25) is 19.2 Å². The van der Waals surface area contributed by atoms with Gasteiger partial charge in [-0.05, 0) is 90.8 Å². The van der Waals surface area contributed by atoms with Gasteiger partial charge in [0.15, 0.2) is 49.6 Å².